The molecule has 1 aromatic heterocycles. The van der Waals surface area contributed by atoms with E-state index in [9.17, 15) is 0 Å². The summed E-state index contributed by atoms with van der Waals surface area (Å²) in [6, 6.07) is 10.1. The van der Waals surface area contributed by atoms with Crippen LogP contribution in [0.25, 0.3) is 0 Å². The molecule has 70 valence electrons. The van der Waals surface area contributed by atoms with Gasteiger partial charge in [-0.1, -0.05) is 30.3 Å². The summed E-state index contributed by atoms with van der Waals surface area (Å²) in [5.74, 6) is 0. The number of aromatic nitrogens is 3. The summed E-state index contributed by atoms with van der Waals surface area (Å²) in [5.41, 5.74) is 2.10. The molecule has 0 atom stereocenters. The zero-order chi connectivity index (χ0) is 9.80. The van der Waals surface area contributed by atoms with Crippen LogP contribution < -0.4 is 0 Å². The van der Waals surface area contributed by atoms with Crippen molar-refractivity contribution in [1.29, 1.82) is 0 Å². The van der Waals surface area contributed by atoms with E-state index in [0.29, 0.717) is 4.77 Å². The first-order chi connectivity index (χ1) is 6.84. The van der Waals surface area contributed by atoms with E-state index in [4.69, 9.17) is 12.2 Å². The Labute approximate surface area is 86.8 Å². The van der Waals surface area contributed by atoms with Gasteiger partial charge in [0.25, 0.3) is 0 Å². The van der Waals surface area contributed by atoms with Crippen LogP contribution in [0.15, 0.2) is 36.5 Å². The molecule has 4 heteroatoms. The summed E-state index contributed by atoms with van der Waals surface area (Å²) in [6.45, 7) is 0. The number of hydrogen-bond donors (Lipinski definition) is 1. The first-order valence-corrected chi connectivity index (χ1v) is 4.70. The second kappa shape index (κ2) is 4.11. The molecule has 0 aliphatic rings. The number of aromatic amines is 1. The van der Waals surface area contributed by atoms with E-state index >= 15 is 0 Å². The molecular weight excluding hydrogens is 194 g/mol. The lowest BCUT2D eigenvalue weighted by molar-refractivity contribution is 0.894. The van der Waals surface area contributed by atoms with Crippen LogP contribution in [-0.2, 0) is 6.42 Å². The van der Waals surface area contributed by atoms with Crippen molar-refractivity contribution in [2.45, 2.75) is 6.42 Å². The fourth-order valence-electron chi connectivity index (χ4n) is 1.24. The molecule has 0 saturated heterocycles. The molecule has 0 spiro atoms. The standard InChI is InChI=1S/C10H9N3S/c14-10-12-9(7-11-13-10)6-8-4-2-1-3-5-8/h1-5,7H,6H2,(H,12,13,14). The van der Waals surface area contributed by atoms with E-state index in [0.717, 1.165) is 12.1 Å². The van der Waals surface area contributed by atoms with Crippen LogP contribution in [0, 0.1) is 4.77 Å². The fraction of sp³-hybridized carbons (Fsp3) is 0.100. The number of nitrogens with zero attached hydrogens (tertiary/aromatic N) is 2. The van der Waals surface area contributed by atoms with Gasteiger partial charge in [-0.25, -0.2) is 4.98 Å². The summed E-state index contributed by atoms with van der Waals surface area (Å²) in [4.78, 5) is 4.17. The van der Waals surface area contributed by atoms with Crippen LogP contribution in [0.4, 0.5) is 0 Å². The lowest BCUT2D eigenvalue weighted by atomic mass is 10.1. The SMILES string of the molecule is S=c1nc(Cc2ccccc2)cn[nH]1. The zero-order valence-electron chi connectivity index (χ0n) is 7.47. The maximum Gasteiger partial charge on any atom is 0.213 e. The second-order valence-electron chi connectivity index (χ2n) is 2.94. The highest BCUT2D eigenvalue weighted by Crippen LogP contribution is 2.04. The average molecular weight is 203 g/mol. The van der Waals surface area contributed by atoms with E-state index in [2.05, 4.69) is 27.3 Å². The molecule has 0 amide bonds. The minimum absolute atomic E-state index is 0.429. The van der Waals surface area contributed by atoms with E-state index < -0.39 is 0 Å². The highest BCUT2D eigenvalue weighted by atomic mass is 32.1. The average Bonchev–Trinajstić information content (AvgIpc) is 2.19. The topological polar surface area (TPSA) is 41.6 Å². The van der Waals surface area contributed by atoms with Crippen LogP contribution in [-0.4, -0.2) is 15.2 Å². The predicted molar refractivity (Wildman–Crippen MR) is 56.5 cm³/mol. The zero-order valence-corrected chi connectivity index (χ0v) is 8.29. The molecule has 14 heavy (non-hydrogen) atoms. The Balaban J connectivity index is 2.24. The normalized spacial score (nSPS) is 10.0. The lowest BCUT2D eigenvalue weighted by Gasteiger charge is -1.98. The minimum atomic E-state index is 0.429. The van der Waals surface area contributed by atoms with Gasteiger partial charge in [-0.05, 0) is 17.8 Å². The molecule has 0 saturated carbocycles. The summed E-state index contributed by atoms with van der Waals surface area (Å²) in [6.07, 6.45) is 2.47. The van der Waals surface area contributed by atoms with Gasteiger partial charge >= 0.3 is 0 Å². The van der Waals surface area contributed by atoms with E-state index in [1.807, 2.05) is 18.2 Å². The first-order valence-electron chi connectivity index (χ1n) is 4.29. The Morgan fingerprint density at radius 2 is 2.00 bits per heavy atom. The van der Waals surface area contributed by atoms with Gasteiger partial charge < -0.3 is 0 Å². The van der Waals surface area contributed by atoms with Crippen LogP contribution in [0.5, 0.6) is 0 Å². The third-order valence-corrected chi connectivity index (χ3v) is 2.03. The Kier molecular flexibility index (Phi) is 2.65. The van der Waals surface area contributed by atoms with Crippen molar-refractivity contribution in [3.8, 4) is 0 Å². The second-order valence-corrected chi connectivity index (χ2v) is 3.33. The van der Waals surface area contributed by atoms with Crippen LogP contribution in [0.2, 0.25) is 0 Å². The van der Waals surface area contributed by atoms with Crippen molar-refractivity contribution in [1.82, 2.24) is 15.2 Å². The molecule has 3 nitrogen and oxygen atoms in total. The number of benzene rings is 1. The summed E-state index contributed by atoms with van der Waals surface area (Å²) < 4.78 is 0.429. The maximum atomic E-state index is 4.89. The van der Waals surface area contributed by atoms with Crippen LogP contribution >= 0.6 is 12.2 Å². The smallest absolute Gasteiger partial charge is 0.213 e. The molecule has 2 rings (SSSR count). The summed E-state index contributed by atoms with van der Waals surface area (Å²) >= 11 is 4.89. The fourth-order valence-corrected chi connectivity index (χ4v) is 1.41. The molecule has 0 aliphatic carbocycles. The molecule has 0 unspecified atom stereocenters. The number of hydrogen-bond acceptors (Lipinski definition) is 3. The van der Waals surface area contributed by atoms with Gasteiger partial charge in [-0.15, -0.1) is 0 Å². The molecule has 1 N–H and O–H groups in total. The first kappa shape index (κ1) is 9.02. The van der Waals surface area contributed by atoms with Gasteiger partial charge in [0.2, 0.25) is 4.77 Å². The molecule has 2 aromatic rings. The van der Waals surface area contributed by atoms with Crippen molar-refractivity contribution in [2.24, 2.45) is 0 Å². The maximum absolute atomic E-state index is 4.89. The van der Waals surface area contributed by atoms with Crippen molar-refractivity contribution < 1.29 is 0 Å². The molecule has 0 bridgehead atoms. The molecule has 1 aromatic carbocycles. The van der Waals surface area contributed by atoms with E-state index in [-0.39, 0.29) is 0 Å². The van der Waals surface area contributed by atoms with Crippen molar-refractivity contribution in [2.75, 3.05) is 0 Å². The lowest BCUT2D eigenvalue weighted by Crippen LogP contribution is -1.95. The monoisotopic (exact) mass is 203 g/mol. The largest absolute Gasteiger partial charge is 0.252 e. The van der Waals surface area contributed by atoms with E-state index in [1.54, 1.807) is 6.20 Å². The molecule has 0 fully saturated rings. The number of nitrogens with one attached hydrogen (secondary N) is 1. The summed E-state index contributed by atoms with van der Waals surface area (Å²) in [5, 5.41) is 6.50. The van der Waals surface area contributed by atoms with Gasteiger partial charge in [-0.3, -0.25) is 5.10 Å². The van der Waals surface area contributed by atoms with Gasteiger partial charge in [0.05, 0.1) is 11.9 Å². The number of rotatable bonds is 2. The molecular formula is C10H9N3S. The quantitative estimate of drug-likeness (QED) is 0.760. The van der Waals surface area contributed by atoms with Crippen LogP contribution in [0.3, 0.4) is 0 Å². The Hall–Kier alpha value is -1.55. The van der Waals surface area contributed by atoms with Crippen molar-refractivity contribution >= 4 is 12.2 Å². The van der Waals surface area contributed by atoms with Crippen LogP contribution in [0.1, 0.15) is 11.3 Å². The van der Waals surface area contributed by atoms with E-state index in [1.165, 1.54) is 5.56 Å². The van der Waals surface area contributed by atoms with Gasteiger partial charge in [0.15, 0.2) is 0 Å². The van der Waals surface area contributed by atoms with Crippen molar-refractivity contribution in [3.05, 3.63) is 52.6 Å². The van der Waals surface area contributed by atoms with Gasteiger partial charge in [0.1, 0.15) is 0 Å². The highest BCUT2D eigenvalue weighted by molar-refractivity contribution is 7.71. The van der Waals surface area contributed by atoms with Gasteiger partial charge in [0, 0.05) is 6.42 Å². The highest BCUT2D eigenvalue weighted by Gasteiger charge is 1.96. The Morgan fingerprint density at radius 3 is 2.71 bits per heavy atom. The third-order valence-electron chi connectivity index (χ3n) is 1.85. The molecule has 0 aliphatic heterocycles. The minimum Gasteiger partial charge on any atom is -0.252 e. The summed E-state index contributed by atoms with van der Waals surface area (Å²) in [7, 11) is 0. The third kappa shape index (κ3) is 2.23. The molecule has 1 heterocycles. The van der Waals surface area contributed by atoms with Gasteiger partial charge in [-0.2, -0.15) is 5.10 Å². The molecule has 0 radical (unpaired) electrons. The predicted octanol–water partition coefficient (Wildman–Crippen LogP) is 2.12. The Morgan fingerprint density at radius 1 is 1.21 bits per heavy atom. The number of H-pyrrole nitrogens is 1. The van der Waals surface area contributed by atoms with Crippen molar-refractivity contribution in [3.63, 3.8) is 0 Å². The Bertz CT molecular complexity index is 464.